The lowest BCUT2D eigenvalue weighted by Crippen LogP contribution is -2.23. The van der Waals surface area contributed by atoms with E-state index in [1.807, 2.05) is 31.2 Å². The molecule has 0 radical (unpaired) electrons. The Labute approximate surface area is 155 Å². The van der Waals surface area contributed by atoms with Crippen molar-refractivity contribution >= 4 is 29.1 Å². The SMILES string of the molecule is Cc1ccc(CNC(=O)c2nnc(Cc3ccc(Cl)cc3Cl)o2)cc1. The summed E-state index contributed by atoms with van der Waals surface area (Å²) in [6, 6.07) is 13.0. The Morgan fingerprint density at radius 2 is 1.88 bits per heavy atom. The van der Waals surface area contributed by atoms with Gasteiger partial charge in [-0.2, -0.15) is 0 Å². The summed E-state index contributed by atoms with van der Waals surface area (Å²) >= 11 is 12.0. The number of benzene rings is 2. The van der Waals surface area contributed by atoms with E-state index < -0.39 is 5.91 Å². The average Bonchev–Trinajstić information content (AvgIpc) is 3.05. The third kappa shape index (κ3) is 4.59. The zero-order chi connectivity index (χ0) is 17.8. The molecule has 0 atom stereocenters. The molecule has 1 aromatic heterocycles. The highest BCUT2D eigenvalue weighted by Crippen LogP contribution is 2.23. The van der Waals surface area contributed by atoms with E-state index in [1.54, 1.807) is 18.2 Å². The molecular weight excluding hydrogens is 361 g/mol. The molecular formula is C18H15Cl2N3O2. The first kappa shape index (κ1) is 17.5. The number of carbonyl (C=O) groups is 1. The van der Waals surface area contributed by atoms with Gasteiger partial charge in [0.2, 0.25) is 5.89 Å². The van der Waals surface area contributed by atoms with Crippen LogP contribution in [0.15, 0.2) is 46.9 Å². The highest BCUT2D eigenvalue weighted by atomic mass is 35.5. The standard InChI is InChI=1S/C18H15Cl2N3O2/c1-11-2-4-12(5-3-11)10-21-17(24)18-23-22-16(25-18)8-13-6-7-14(19)9-15(13)20/h2-7,9H,8,10H2,1H3,(H,21,24). The van der Waals surface area contributed by atoms with Gasteiger partial charge in [0.25, 0.3) is 0 Å². The van der Waals surface area contributed by atoms with Crippen molar-refractivity contribution in [2.75, 3.05) is 0 Å². The van der Waals surface area contributed by atoms with Crippen LogP contribution in [0.1, 0.15) is 33.3 Å². The number of hydrogen-bond acceptors (Lipinski definition) is 4. The van der Waals surface area contributed by atoms with Crippen LogP contribution >= 0.6 is 23.2 Å². The number of carbonyl (C=O) groups excluding carboxylic acids is 1. The Morgan fingerprint density at radius 3 is 2.60 bits per heavy atom. The van der Waals surface area contributed by atoms with Crippen LogP contribution in [-0.4, -0.2) is 16.1 Å². The van der Waals surface area contributed by atoms with Crippen molar-refractivity contribution in [1.29, 1.82) is 0 Å². The Balaban J connectivity index is 1.62. The van der Waals surface area contributed by atoms with Gasteiger partial charge in [-0.3, -0.25) is 4.79 Å². The summed E-state index contributed by atoms with van der Waals surface area (Å²) < 4.78 is 5.42. The molecule has 0 aliphatic carbocycles. The number of halogens is 2. The van der Waals surface area contributed by atoms with Gasteiger partial charge >= 0.3 is 11.8 Å². The summed E-state index contributed by atoms with van der Waals surface area (Å²) in [4.78, 5) is 12.1. The highest BCUT2D eigenvalue weighted by Gasteiger charge is 2.15. The van der Waals surface area contributed by atoms with E-state index in [2.05, 4.69) is 15.5 Å². The number of rotatable bonds is 5. The first-order valence-electron chi connectivity index (χ1n) is 7.61. The number of nitrogens with one attached hydrogen (secondary N) is 1. The van der Waals surface area contributed by atoms with Gasteiger partial charge in [0, 0.05) is 16.6 Å². The van der Waals surface area contributed by atoms with Crippen molar-refractivity contribution in [3.8, 4) is 0 Å². The van der Waals surface area contributed by atoms with Crippen LogP contribution in [-0.2, 0) is 13.0 Å². The van der Waals surface area contributed by atoms with Crippen molar-refractivity contribution in [3.63, 3.8) is 0 Å². The molecule has 0 bridgehead atoms. The summed E-state index contributed by atoms with van der Waals surface area (Å²) in [6.45, 7) is 2.40. The smallest absolute Gasteiger partial charge is 0.309 e. The van der Waals surface area contributed by atoms with Crippen LogP contribution in [0, 0.1) is 6.92 Å². The topological polar surface area (TPSA) is 68.0 Å². The lowest BCUT2D eigenvalue weighted by Gasteiger charge is -2.03. The van der Waals surface area contributed by atoms with Crippen LogP contribution in [0.3, 0.4) is 0 Å². The molecule has 25 heavy (non-hydrogen) atoms. The van der Waals surface area contributed by atoms with Crippen molar-refractivity contribution in [2.24, 2.45) is 0 Å². The molecule has 1 heterocycles. The Hall–Kier alpha value is -2.37. The van der Waals surface area contributed by atoms with Crippen molar-refractivity contribution in [2.45, 2.75) is 19.9 Å². The average molecular weight is 376 g/mol. The lowest BCUT2D eigenvalue weighted by atomic mass is 10.1. The summed E-state index contributed by atoms with van der Waals surface area (Å²) in [5, 5.41) is 11.5. The van der Waals surface area contributed by atoms with Crippen molar-refractivity contribution in [3.05, 3.63) is 81.0 Å². The van der Waals surface area contributed by atoms with Crippen LogP contribution in [0.25, 0.3) is 0 Å². The normalized spacial score (nSPS) is 10.7. The molecule has 0 fully saturated rings. The van der Waals surface area contributed by atoms with E-state index in [0.29, 0.717) is 28.9 Å². The Morgan fingerprint density at radius 1 is 1.12 bits per heavy atom. The second-order valence-corrected chi connectivity index (χ2v) is 6.43. The minimum Gasteiger partial charge on any atom is -0.417 e. The monoisotopic (exact) mass is 375 g/mol. The minimum absolute atomic E-state index is 0.0767. The molecule has 0 saturated carbocycles. The summed E-state index contributed by atoms with van der Waals surface area (Å²) in [6.07, 6.45) is 0.328. The Bertz CT molecular complexity index is 892. The van der Waals surface area contributed by atoms with E-state index in [1.165, 1.54) is 0 Å². The summed E-state index contributed by atoms with van der Waals surface area (Å²) in [5.41, 5.74) is 2.95. The zero-order valence-electron chi connectivity index (χ0n) is 13.4. The molecule has 7 heteroatoms. The predicted octanol–water partition coefficient (Wildman–Crippen LogP) is 4.21. The molecule has 0 aliphatic rings. The molecule has 2 aromatic carbocycles. The first-order chi connectivity index (χ1) is 12.0. The molecule has 5 nitrogen and oxygen atoms in total. The fraction of sp³-hybridized carbons (Fsp3) is 0.167. The van der Waals surface area contributed by atoms with Crippen molar-refractivity contribution < 1.29 is 9.21 Å². The number of amides is 1. The minimum atomic E-state index is -0.415. The van der Waals surface area contributed by atoms with Crippen LogP contribution in [0.2, 0.25) is 10.0 Å². The Kier molecular flexibility index (Phi) is 5.36. The number of aromatic nitrogens is 2. The first-order valence-corrected chi connectivity index (χ1v) is 8.37. The van der Waals surface area contributed by atoms with Gasteiger partial charge in [-0.15, -0.1) is 10.2 Å². The molecule has 0 spiro atoms. The van der Waals surface area contributed by atoms with Crippen LogP contribution < -0.4 is 5.32 Å². The number of hydrogen-bond donors (Lipinski definition) is 1. The second-order valence-electron chi connectivity index (χ2n) is 5.58. The van der Waals surface area contributed by atoms with Gasteiger partial charge in [0.1, 0.15) is 0 Å². The van der Waals surface area contributed by atoms with Gasteiger partial charge in [0.15, 0.2) is 0 Å². The highest BCUT2D eigenvalue weighted by molar-refractivity contribution is 6.35. The van der Waals surface area contributed by atoms with Gasteiger partial charge in [-0.25, -0.2) is 0 Å². The molecule has 128 valence electrons. The van der Waals surface area contributed by atoms with E-state index in [9.17, 15) is 4.79 Å². The summed E-state index contributed by atoms with van der Waals surface area (Å²) in [5.74, 6) is -0.182. The van der Waals surface area contributed by atoms with E-state index in [0.717, 1.165) is 16.7 Å². The van der Waals surface area contributed by atoms with Gasteiger partial charge in [0.05, 0.1) is 6.42 Å². The van der Waals surface area contributed by atoms with Crippen molar-refractivity contribution in [1.82, 2.24) is 15.5 Å². The molecule has 0 aliphatic heterocycles. The maximum absolute atomic E-state index is 12.1. The van der Waals surface area contributed by atoms with E-state index >= 15 is 0 Å². The van der Waals surface area contributed by atoms with Crippen LogP contribution in [0.4, 0.5) is 0 Å². The quantitative estimate of drug-likeness (QED) is 0.725. The zero-order valence-corrected chi connectivity index (χ0v) is 14.9. The van der Waals surface area contributed by atoms with Gasteiger partial charge < -0.3 is 9.73 Å². The van der Waals surface area contributed by atoms with E-state index in [4.69, 9.17) is 27.6 Å². The third-order valence-electron chi connectivity index (χ3n) is 3.59. The molecule has 3 rings (SSSR count). The molecule has 1 amide bonds. The molecule has 0 unspecified atom stereocenters. The third-order valence-corrected chi connectivity index (χ3v) is 4.18. The fourth-order valence-corrected chi connectivity index (χ4v) is 2.68. The summed E-state index contributed by atoms with van der Waals surface area (Å²) in [7, 11) is 0. The van der Waals surface area contributed by atoms with Gasteiger partial charge in [-0.1, -0.05) is 59.1 Å². The predicted molar refractivity (Wildman–Crippen MR) is 95.9 cm³/mol. The fourth-order valence-electron chi connectivity index (χ4n) is 2.21. The molecule has 3 aromatic rings. The molecule has 0 saturated heterocycles. The second kappa shape index (κ2) is 7.68. The number of aryl methyl sites for hydroxylation is 1. The largest absolute Gasteiger partial charge is 0.417 e. The van der Waals surface area contributed by atoms with Gasteiger partial charge in [-0.05, 0) is 30.2 Å². The number of nitrogens with zero attached hydrogens (tertiary/aromatic N) is 2. The lowest BCUT2D eigenvalue weighted by molar-refractivity contribution is 0.0914. The molecule has 1 N–H and O–H groups in total. The maximum Gasteiger partial charge on any atom is 0.309 e. The van der Waals surface area contributed by atoms with E-state index in [-0.39, 0.29) is 5.89 Å². The van der Waals surface area contributed by atoms with Crippen LogP contribution in [0.5, 0.6) is 0 Å². The maximum atomic E-state index is 12.1.